The first-order chi connectivity index (χ1) is 8.70. The van der Waals surface area contributed by atoms with Crippen LogP contribution >= 0.6 is 0 Å². The summed E-state index contributed by atoms with van der Waals surface area (Å²) in [6.45, 7) is 0.375. The molecule has 18 heavy (non-hydrogen) atoms. The molecule has 4 heteroatoms. The molecule has 0 heterocycles. The highest BCUT2D eigenvalue weighted by Gasteiger charge is 2.21. The van der Waals surface area contributed by atoms with E-state index in [1.54, 1.807) is 6.07 Å². The van der Waals surface area contributed by atoms with Gasteiger partial charge in [0, 0.05) is 24.6 Å². The molecular weight excluding hydrogens is 234 g/mol. The second-order valence-electron chi connectivity index (χ2n) is 4.72. The minimum absolute atomic E-state index is 0.375. The van der Waals surface area contributed by atoms with Gasteiger partial charge in [0.15, 0.2) is 11.6 Å². The number of hydrogen-bond acceptors (Lipinski definition) is 2. The highest BCUT2D eigenvalue weighted by Crippen LogP contribution is 2.21. The van der Waals surface area contributed by atoms with Gasteiger partial charge in [-0.2, -0.15) is 5.26 Å². The standard InChI is InChI=1S/C14H16F2N2/c15-13-8-10(3-1-2-6-17)7-11(14(13)16)9-18-12-4-5-12/h7-8,12,18H,1-5,9H2. The zero-order valence-electron chi connectivity index (χ0n) is 10.2. The number of rotatable bonds is 6. The molecule has 0 bridgehead atoms. The normalized spacial score (nSPS) is 14.5. The van der Waals surface area contributed by atoms with Crippen LogP contribution in [0.25, 0.3) is 0 Å². The Bertz CT molecular complexity index is 462. The summed E-state index contributed by atoms with van der Waals surface area (Å²) in [5.74, 6) is -1.55. The van der Waals surface area contributed by atoms with Crippen LogP contribution in [0.4, 0.5) is 8.78 Å². The van der Waals surface area contributed by atoms with Crippen molar-refractivity contribution in [2.24, 2.45) is 0 Å². The molecule has 0 saturated heterocycles. The fourth-order valence-electron chi connectivity index (χ4n) is 1.89. The Labute approximate surface area is 106 Å². The van der Waals surface area contributed by atoms with Crippen LogP contribution in [0.3, 0.4) is 0 Å². The van der Waals surface area contributed by atoms with Crippen molar-refractivity contribution in [3.8, 4) is 6.07 Å². The van der Waals surface area contributed by atoms with E-state index in [-0.39, 0.29) is 0 Å². The van der Waals surface area contributed by atoms with E-state index in [9.17, 15) is 8.78 Å². The summed E-state index contributed by atoms with van der Waals surface area (Å²) in [5.41, 5.74) is 1.14. The van der Waals surface area contributed by atoms with Gasteiger partial charge in [0.2, 0.25) is 0 Å². The fourth-order valence-corrected chi connectivity index (χ4v) is 1.89. The smallest absolute Gasteiger partial charge is 0.163 e. The van der Waals surface area contributed by atoms with Crippen LogP contribution in [-0.4, -0.2) is 6.04 Å². The molecule has 0 aromatic heterocycles. The first kappa shape index (κ1) is 13.0. The zero-order valence-corrected chi connectivity index (χ0v) is 10.2. The molecule has 0 atom stereocenters. The molecule has 1 fully saturated rings. The molecule has 1 aromatic rings. The van der Waals surface area contributed by atoms with Gasteiger partial charge in [0.1, 0.15) is 0 Å². The summed E-state index contributed by atoms with van der Waals surface area (Å²) in [6, 6.07) is 5.44. The van der Waals surface area contributed by atoms with Crippen molar-refractivity contribution < 1.29 is 8.78 Å². The number of nitriles is 1. The van der Waals surface area contributed by atoms with Gasteiger partial charge >= 0.3 is 0 Å². The first-order valence-electron chi connectivity index (χ1n) is 6.28. The van der Waals surface area contributed by atoms with Gasteiger partial charge in [-0.15, -0.1) is 0 Å². The summed E-state index contributed by atoms with van der Waals surface area (Å²) in [5, 5.41) is 11.6. The van der Waals surface area contributed by atoms with Crippen molar-refractivity contribution in [1.82, 2.24) is 5.32 Å². The Morgan fingerprint density at radius 2 is 2.11 bits per heavy atom. The molecule has 0 unspecified atom stereocenters. The topological polar surface area (TPSA) is 35.8 Å². The van der Waals surface area contributed by atoms with Crippen LogP contribution < -0.4 is 5.32 Å². The molecule has 2 rings (SSSR count). The molecule has 0 amide bonds. The Balaban J connectivity index is 2.03. The zero-order chi connectivity index (χ0) is 13.0. The fraction of sp³-hybridized carbons (Fsp3) is 0.500. The van der Waals surface area contributed by atoms with Crippen molar-refractivity contribution >= 4 is 0 Å². The predicted molar refractivity (Wildman–Crippen MR) is 64.8 cm³/mol. The maximum absolute atomic E-state index is 13.6. The van der Waals surface area contributed by atoms with Crippen LogP contribution in [0.2, 0.25) is 0 Å². The largest absolute Gasteiger partial charge is 0.310 e. The van der Waals surface area contributed by atoms with Gasteiger partial charge in [0.05, 0.1) is 6.07 Å². The molecule has 1 saturated carbocycles. The minimum Gasteiger partial charge on any atom is -0.310 e. The number of unbranched alkanes of at least 4 members (excludes halogenated alkanes) is 1. The first-order valence-corrected chi connectivity index (χ1v) is 6.28. The predicted octanol–water partition coefficient (Wildman–Crippen LogP) is 3.06. The van der Waals surface area contributed by atoms with E-state index < -0.39 is 11.6 Å². The Morgan fingerprint density at radius 1 is 1.33 bits per heavy atom. The van der Waals surface area contributed by atoms with E-state index >= 15 is 0 Å². The van der Waals surface area contributed by atoms with Crippen LogP contribution in [-0.2, 0) is 13.0 Å². The Hall–Kier alpha value is -1.47. The monoisotopic (exact) mass is 250 g/mol. The summed E-state index contributed by atoms with van der Waals surface area (Å²) in [4.78, 5) is 0. The Morgan fingerprint density at radius 3 is 2.78 bits per heavy atom. The van der Waals surface area contributed by atoms with Gasteiger partial charge in [-0.05, 0) is 37.3 Å². The summed E-state index contributed by atoms with van der Waals surface area (Å²) in [6.07, 6.45) is 3.96. The van der Waals surface area contributed by atoms with E-state index in [1.165, 1.54) is 6.07 Å². The molecule has 0 spiro atoms. The summed E-state index contributed by atoms with van der Waals surface area (Å²) < 4.78 is 27.0. The van der Waals surface area contributed by atoms with Gasteiger partial charge < -0.3 is 5.32 Å². The van der Waals surface area contributed by atoms with Gasteiger partial charge in [-0.25, -0.2) is 8.78 Å². The second kappa shape index (κ2) is 5.92. The lowest BCUT2D eigenvalue weighted by Crippen LogP contribution is -2.17. The van der Waals surface area contributed by atoms with Crippen molar-refractivity contribution in [2.75, 3.05) is 0 Å². The van der Waals surface area contributed by atoms with Crippen molar-refractivity contribution in [2.45, 2.75) is 44.7 Å². The number of nitrogens with one attached hydrogen (secondary N) is 1. The van der Waals surface area contributed by atoms with E-state index in [0.717, 1.165) is 18.4 Å². The summed E-state index contributed by atoms with van der Waals surface area (Å²) in [7, 11) is 0. The van der Waals surface area contributed by atoms with Gasteiger partial charge in [0.25, 0.3) is 0 Å². The highest BCUT2D eigenvalue weighted by molar-refractivity contribution is 5.26. The van der Waals surface area contributed by atoms with Crippen LogP contribution in [0.1, 0.15) is 36.8 Å². The lowest BCUT2D eigenvalue weighted by molar-refractivity contribution is 0.490. The van der Waals surface area contributed by atoms with Crippen LogP contribution in [0, 0.1) is 23.0 Å². The SMILES string of the molecule is N#CCCCc1cc(F)c(F)c(CNC2CC2)c1. The van der Waals surface area contributed by atoms with Gasteiger partial charge in [-0.3, -0.25) is 0 Å². The van der Waals surface area contributed by atoms with Crippen molar-refractivity contribution in [3.05, 3.63) is 34.9 Å². The third-order valence-electron chi connectivity index (χ3n) is 3.08. The lowest BCUT2D eigenvalue weighted by Gasteiger charge is -2.08. The van der Waals surface area contributed by atoms with E-state index in [4.69, 9.17) is 5.26 Å². The molecular formula is C14H16F2N2. The minimum atomic E-state index is -0.794. The molecule has 1 aliphatic rings. The van der Waals surface area contributed by atoms with E-state index in [2.05, 4.69) is 5.32 Å². The lowest BCUT2D eigenvalue weighted by atomic mass is 10.0. The molecule has 96 valence electrons. The van der Waals surface area contributed by atoms with E-state index in [1.807, 2.05) is 6.07 Å². The number of nitrogens with zero attached hydrogens (tertiary/aromatic N) is 1. The third-order valence-corrected chi connectivity index (χ3v) is 3.08. The number of halogens is 2. The molecule has 1 N–H and O–H groups in total. The number of aryl methyl sites for hydroxylation is 1. The molecule has 1 aromatic carbocycles. The molecule has 2 nitrogen and oxygen atoms in total. The van der Waals surface area contributed by atoms with Crippen molar-refractivity contribution in [3.63, 3.8) is 0 Å². The summed E-state index contributed by atoms with van der Waals surface area (Å²) >= 11 is 0. The third kappa shape index (κ3) is 3.51. The van der Waals surface area contributed by atoms with Crippen LogP contribution in [0.15, 0.2) is 12.1 Å². The van der Waals surface area contributed by atoms with E-state index in [0.29, 0.717) is 37.4 Å². The van der Waals surface area contributed by atoms with Crippen LogP contribution in [0.5, 0.6) is 0 Å². The second-order valence-corrected chi connectivity index (χ2v) is 4.72. The Kier molecular flexibility index (Phi) is 4.27. The average Bonchev–Trinajstić information content (AvgIpc) is 3.16. The quantitative estimate of drug-likeness (QED) is 0.788. The number of hydrogen-bond donors (Lipinski definition) is 1. The molecule has 0 aliphatic heterocycles. The average molecular weight is 250 g/mol. The van der Waals surface area contributed by atoms with Gasteiger partial charge in [-0.1, -0.05) is 6.07 Å². The molecule has 0 radical (unpaired) electrons. The molecule has 1 aliphatic carbocycles. The highest BCUT2D eigenvalue weighted by atomic mass is 19.2. The van der Waals surface area contributed by atoms with Crippen molar-refractivity contribution in [1.29, 1.82) is 5.26 Å². The number of benzene rings is 1. The maximum Gasteiger partial charge on any atom is 0.163 e. The maximum atomic E-state index is 13.6.